The van der Waals surface area contributed by atoms with Gasteiger partial charge in [-0.25, -0.2) is 9.78 Å². The number of carbonyl (C=O) groups excluding carboxylic acids is 2. The molecule has 3 amide bonds. The van der Waals surface area contributed by atoms with Crippen LogP contribution < -0.4 is 16.6 Å². The molecule has 1 aliphatic rings. The number of nitrogens with two attached hydrogens (primary N) is 1. The van der Waals surface area contributed by atoms with Crippen molar-refractivity contribution < 1.29 is 9.59 Å². The first kappa shape index (κ1) is 20.6. The van der Waals surface area contributed by atoms with Crippen LogP contribution in [0.15, 0.2) is 34.2 Å². The number of aryl methyl sites for hydroxylation is 3. The second-order valence-corrected chi connectivity index (χ2v) is 9.42. The molecule has 0 spiro atoms. The molecule has 156 valence electrons. The van der Waals surface area contributed by atoms with Gasteiger partial charge in [-0.05, 0) is 50.3 Å². The van der Waals surface area contributed by atoms with Gasteiger partial charge in [0.25, 0.3) is 5.56 Å². The number of fused-ring (bicyclic) bond motifs is 3. The average Bonchev–Trinajstić information content (AvgIpc) is 3.07. The third-order valence-corrected chi connectivity index (χ3v) is 7.20. The molecule has 0 atom stereocenters. The van der Waals surface area contributed by atoms with E-state index in [1.54, 1.807) is 15.9 Å². The van der Waals surface area contributed by atoms with Gasteiger partial charge in [-0.1, -0.05) is 29.5 Å². The molecule has 3 N–H and O–H groups in total. The van der Waals surface area contributed by atoms with E-state index >= 15 is 0 Å². The number of aromatic nitrogens is 2. The molecule has 9 heteroatoms. The fraction of sp³-hybridized carbons (Fsp3) is 0.333. The Labute approximate surface area is 181 Å². The van der Waals surface area contributed by atoms with E-state index in [-0.39, 0.29) is 12.0 Å². The lowest BCUT2D eigenvalue weighted by atomic mass is 9.97. The fourth-order valence-electron chi connectivity index (χ4n) is 3.64. The highest BCUT2D eigenvalue weighted by molar-refractivity contribution is 7.99. The zero-order valence-electron chi connectivity index (χ0n) is 16.6. The maximum atomic E-state index is 13.6. The Morgan fingerprint density at radius 3 is 2.70 bits per heavy atom. The zero-order valence-corrected chi connectivity index (χ0v) is 18.2. The molecule has 1 aromatic carbocycles. The number of rotatable bonds is 5. The van der Waals surface area contributed by atoms with Gasteiger partial charge in [0.05, 0.1) is 11.1 Å². The minimum Gasteiger partial charge on any atom is -0.351 e. The molecule has 3 aromatic rings. The molecule has 0 saturated carbocycles. The second-order valence-electron chi connectivity index (χ2n) is 7.27. The van der Waals surface area contributed by atoms with E-state index in [2.05, 4.69) is 5.32 Å². The number of hydrogen-bond acceptors (Lipinski definition) is 6. The molecule has 0 radical (unpaired) electrons. The van der Waals surface area contributed by atoms with Crippen LogP contribution in [0.4, 0.5) is 4.79 Å². The molecule has 2 heterocycles. The minimum atomic E-state index is -0.870. The molecule has 0 saturated heterocycles. The van der Waals surface area contributed by atoms with Crippen molar-refractivity contribution in [3.8, 4) is 5.69 Å². The molecular weight excluding hydrogens is 420 g/mol. The van der Waals surface area contributed by atoms with Crippen LogP contribution in [-0.2, 0) is 17.6 Å². The highest BCUT2D eigenvalue weighted by Crippen LogP contribution is 2.35. The Morgan fingerprint density at radius 1 is 1.23 bits per heavy atom. The van der Waals surface area contributed by atoms with E-state index in [4.69, 9.17) is 10.7 Å². The standard InChI is InChI=1S/C21H22N4O3S2/c1-12-6-8-13(9-7-12)25-19(27)17-14-4-2-3-5-15(14)30-18(17)24-21(25)29-11-10-16(26)23-20(22)28/h6-9H,2-5,10-11H2,1H3,(H3,22,23,26,28). The molecule has 0 bridgehead atoms. The summed E-state index contributed by atoms with van der Waals surface area (Å²) in [5, 5.41) is 3.33. The van der Waals surface area contributed by atoms with E-state index in [1.165, 1.54) is 16.6 Å². The summed E-state index contributed by atoms with van der Waals surface area (Å²) in [5.41, 5.74) is 7.92. The lowest BCUT2D eigenvalue weighted by molar-refractivity contribution is -0.119. The van der Waals surface area contributed by atoms with Crippen LogP contribution in [-0.4, -0.2) is 27.2 Å². The van der Waals surface area contributed by atoms with Gasteiger partial charge in [-0.3, -0.25) is 19.5 Å². The molecule has 1 aliphatic carbocycles. The molecule has 2 aromatic heterocycles. The lowest BCUT2D eigenvalue weighted by Gasteiger charge is -2.14. The number of thioether (sulfide) groups is 1. The van der Waals surface area contributed by atoms with E-state index in [0.717, 1.165) is 52.7 Å². The topological polar surface area (TPSA) is 107 Å². The summed E-state index contributed by atoms with van der Waals surface area (Å²) in [6.45, 7) is 2.00. The maximum absolute atomic E-state index is 13.6. The molecule has 0 unspecified atom stereocenters. The summed E-state index contributed by atoms with van der Waals surface area (Å²) in [6, 6.07) is 6.87. The van der Waals surface area contributed by atoms with Crippen LogP contribution in [0.5, 0.6) is 0 Å². The summed E-state index contributed by atoms with van der Waals surface area (Å²) in [5.74, 6) is -0.0829. The predicted molar refractivity (Wildman–Crippen MR) is 120 cm³/mol. The Morgan fingerprint density at radius 2 is 1.97 bits per heavy atom. The number of hydrogen-bond donors (Lipinski definition) is 2. The van der Waals surface area contributed by atoms with Crippen molar-refractivity contribution in [2.75, 3.05) is 5.75 Å². The highest BCUT2D eigenvalue weighted by Gasteiger charge is 2.23. The van der Waals surface area contributed by atoms with Crippen molar-refractivity contribution in [2.24, 2.45) is 5.73 Å². The van der Waals surface area contributed by atoms with Crippen molar-refractivity contribution in [1.82, 2.24) is 14.9 Å². The van der Waals surface area contributed by atoms with Gasteiger partial charge < -0.3 is 5.73 Å². The number of nitrogens with zero attached hydrogens (tertiary/aromatic N) is 2. The number of primary amides is 1. The van der Waals surface area contributed by atoms with E-state index < -0.39 is 11.9 Å². The lowest BCUT2D eigenvalue weighted by Crippen LogP contribution is -2.35. The number of thiophene rings is 1. The van der Waals surface area contributed by atoms with Gasteiger partial charge in [-0.2, -0.15) is 0 Å². The summed E-state index contributed by atoms with van der Waals surface area (Å²) >= 11 is 2.93. The summed E-state index contributed by atoms with van der Waals surface area (Å²) in [7, 11) is 0. The highest BCUT2D eigenvalue weighted by atomic mass is 32.2. The summed E-state index contributed by atoms with van der Waals surface area (Å²) < 4.78 is 1.64. The van der Waals surface area contributed by atoms with Crippen LogP contribution in [0, 0.1) is 6.92 Å². The van der Waals surface area contributed by atoms with Gasteiger partial charge in [0.15, 0.2) is 5.16 Å². The van der Waals surface area contributed by atoms with E-state index in [9.17, 15) is 14.4 Å². The van der Waals surface area contributed by atoms with Crippen LogP contribution >= 0.6 is 23.1 Å². The largest absolute Gasteiger partial charge is 0.351 e. The van der Waals surface area contributed by atoms with Gasteiger partial charge in [0.2, 0.25) is 5.91 Å². The van der Waals surface area contributed by atoms with Crippen molar-refractivity contribution in [2.45, 2.75) is 44.2 Å². The number of carbonyl (C=O) groups is 2. The van der Waals surface area contributed by atoms with Crippen molar-refractivity contribution >= 4 is 45.3 Å². The molecule has 7 nitrogen and oxygen atoms in total. The van der Waals surface area contributed by atoms with Crippen LogP contribution in [0.3, 0.4) is 0 Å². The first-order valence-electron chi connectivity index (χ1n) is 9.80. The van der Waals surface area contributed by atoms with E-state index in [1.807, 2.05) is 31.2 Å². The SMILES string of the molecule is Cc1ccc(-n2c(SCCC(=O)NC(N)=O)nc3sc4c(c3c2=O)CCCC4)cc1. The molecule has 0 fully saturated rings. The second kappa shape index (κ2) is 8.61. The molecule has 4 rings (SSSR count). The van der Waals surface area contributed by atoms with Crippen molar-refractivity contribution in [3.63, 3.8) is 0 Å². The van der Waals surface area contributed by atoms with Crippen molar-refractivity contribution in [3.05, 3.63) is 50.6 Å². The first-order chi connectivity index (χ1) is 14.4. The predicted octanol–water partition coefficient (Wildman–Crippen LogP) is 3.31. The first-order valence-corrected chi connectivity index (χ1v) is 11.6. The normalized spacial score (nSPS) is 13.2. The number of amides is 3. The summed E-state index contributed by atoms with van der Waals surface area (Å²) in [6.07, 6.45) is 4.24. The smallest absolute Gasteiger partial charge is 0.318 e. The molecule has 0 aliphatic heterocycles. The maximum Gasteiger partial charge on any atom is 0.318 e. The Balaban J connectivity index is 1.76. The van der Waals surface area contributed by atoms with Crippen LogP contribution in [0.2, 0.25) is 0 Å². The third kappa shape index (κ3) is 4.13. The molecule has 30 heavy (non-hydrogen) atoms. The zero-order chi connectivity index (χ0) is 21.3. The monoisotopic (exact) mass is 442 g/mol. The quantitative estimate of drug-likeness (QED) is 0.466. The number of benzene rings is 1. The minimum absolute atomic E-state index is 0.0626. The van der Waals surface area contributed by atoms with Gasteiger partial charge in [0.1, 0.15) is 4.83 Å². The Hall–Kier alpha value is -2.65. The van der Waals surface area contributed by atoms with Gasteiger partial charge >= 0.3 is 6.03 Å². The Bertz CT molecular complexity index is 1180. The fourth-order valence-corrected chi connectivity index (χ4v) is 5.89. The molecular formula is C21H22N4O3S2. The Kier molecular flexibility index (Phi) is 5.92. The van der Waals surface area contributed by atoms with Crippen LogP contribution in [0.1, 0.15) is 35.3 Å². The average molecular weight is 443 g/mol. The number of urea groups is 1. The van der Waals surface area contributed by atoms with E-state index in [0.29, 0.717) is 10.9 Å². The van der Waals surface area contributed by atoms with Crippen LogP contribution in [0.25, 0.3) is 15.9 Å². The third-order valence-electron chi connectivity index (χ3n) is 5.07. The number of imide groups is 1. The van der Waals surface area contributed by atoms with Gasteiger partial charge in [-0.15, -0.1) is 11.3 Å². The van der Waals surface area contributed by atoms with Crippen molar-refractivity contribution in [1.29, 1.82) is 0 Å². The number of nitrogens with one attached hydrogen (secondary N) is 1. The summed E-state index contributed by atoms with van der Waals surface area (Å²) in [4.78, 5) is 43.0. The van der Waals surface area contributed by atoms with Gasteiger partial charge in [0, 0.05) is 17.1 Å².